The van der Waals surface area contributed by atoms with Gasteiger partial charge in [-0.1, -0.05) is 43.2 Å². The molecule has 7 rings (SSSR count). The summed E-state index contributed by atoms with van der Waals surface area (Å²) in [5.41, 5.74) is 4.90. The summed E-state index contributed by atoms with van der Waals surface area (Å²) < 4.78 is 6.36. The number of benzene rings is 2. The highest BCUT2D eigenvalue weighted by Crippen LogP contribution is 2.36. The molecule has 1 aromatic heterocycles. The first-order valence-electron chi connectivity index (χ1n) is 17.1. The van der Waals surface area contributed by atoms with E-state index in [-0.39, 0.29) is 18.2 Å². The number of aryl methyl sites for hydroxylation is 1. The molecule has 9 nitrogen and oxygen atoms in total. The molecule has 0 radical (unpaired) electrons. The van der Waals surface area contributed by atoms with Crippen molar-refractivity contribution in [1.29, 1.82) is 0 Å². The summed E-state index contributed by atoms with van der Waals surface area (Å²) in [6, 6.07) is 17.2. The molecule has 3 fully saturated rings. The Kier molecular flexibility index (Phi) is 9.01. The van der Waals surface area contributed by atoms with Crippen molar-refractivity contribution < 1.29 is 9.84 Å². The number of likely N-dealkylation sites (N-methyl/N-ethyl adjacent to an activating group) is 1. The predicted octanol–water partition coefficient (Wildman–Crippen LogP) is 5.42. The van der Waals surface area contributed by atoms with Gasteiger partial charge in [-0.3, -0.25) is 0 Å². The third-order valence-electron chi connectivity index (χ3n) is 10.5. The van der Waals surface area contributed by atoms with E-state index in [9.17, 15) is 5.11 Å². The molecule has 1 N–H and O–H groups in total. The van der Waals surface area contributed by atoms with E-state index in [1.54, 1.807) is 0 Å². The van der Waals surface area contributed by atoms with Gasteiger partial charge >= 0.3 is 6.01 Å². The molecule has 1 saturated carbocycles. The fourth-order valence-corrected chi connectivity index (χ4v) is 7.69. The molecule has 4 aliphatic rings. The summed E-state index contributed by atoms with van der Waals surface area (Å²) in [6.45, 7) is 7.36. The lowest BCUT2D eigenvalue weighted by Crippen LogP contribution is -2.39. The zero-order chi connectivity index (χ0) is 30.8. The first kappa shape index (κ1) is 30.2. The number of anilines is 2. The number of aliphatic imine (C=N–C) groups is 2. The maximum atomic E-state index is 10.2. The standard InChI is InChI=1S/C36H47N7O2/c1-25-8-5-9-26-10-6-13-32(34(25)26)43-21-17-29-31(22-43)39-36(45-23-28-11-7-18-41(28)2)40-35(29)42-19-15-27(16-20-42)37-24-38-30-12-3-4-14-33(30)44/h5-6,8-10,13,27-28,30,33,44H,3-4,7,11-12,14-23H2,1-2H3/t28-,30+,33+/m0/s1. The van der Waals surface area contributed by atoms with Crippen molar-refractivity contribution in [3.8, 4) is 6.01 Å². The van der Waals surface area contributed by atoms with Crippen LogP contribution in [0, 0.1) is 6.92 Å². The molecule has 0 spiro atoms. The largest absolute Gasteiger partial charge is 0.462 e. The molecule has 1 aliphatic carbocycles. The monoisotopic (exact) mass is 609 g/mol. The minimum Gasteiger partial charge on any atom is -0.462 e. The summed E-state index contributed by atoms with van der Waals surface area (Å²) in [7, 11) is 2.18. The highest BCUT2D eigenvalue weighted by Gasteiger charge is 2.30. The number of aromatic nitrogens is 2. The van der Waals surface area contributed by atoms with E-state index in [0.29, 0.717) is 18.7 Å². The van der Waals surface area contributed by atoms with E-state index in [4.69, 9.17) is 14.7 Å². The number of nitrogens with zero attached hydrogens (tertiary/aromatic N) is 7. The average Bonchev–Trinajstić information content (AvgIpc) is 3.48. The van der Waals surface area contributed by atoms with Gasteiger partial charge in [0.25, 0.3) is 0 Å². The highest BCUT2D eigenvalue weighted by molar-refractivity contribution is 5.97. The van der Waals surface area contributed by atoms with Crippen molar-refractivity contribution >= 4 is 28.3 Å². The average molecular weight is 610 g/mol. The molecule has 3 atom stereocenters. The molecule has 3 aliphatic heterocycles. The summed E-state index contributed by atoms with van der Waals surface area (Å²) in [5.74, 6) is 1.03. The van der Waals surface area contributed by atoms with Gasteiger partial charge in [0.05, 0.1) is 36.4 Å². The summed E-state index contributed by atoms with van der Waals surface area (Å²) in [6.07, 6.45) is 8.74. The first-order chi connectivity index (χ1) is 22.0. The number of likely N-dealkylation sites (tertiary alicyclic amines) is 1. The Morgan fingerprint density at radius 1 is 0.911 bits per heavy atom. The van der Waals surface area contributed by atoms with Gasteiger partial charge in [-0.25, -0.2) is 9.98 Å². The normalized spacial score (nSPS) is 24.4. The Labute approximate surface area is 267 Å². The predicted molar refractivity (Wildman–Crippen MR) is 180 cm³/mol. The lowest BCUT2D eigenvalue weighted by molar-refractivity contribution is 0.110. The molecule has 3 aromatic rings. The maximum absolute atomic E-state index is 10.2. The Balaban J connectivity index is 1.12. The van der Waals surface area contributed by atoms with Crippen molar-refractivity contribution in [3.05, 3.63) is 53.2 Å². The zero-order valence-electron chi connectivity index (χ0n) is 26.9. The molecular weight excluding hydrogens is 562 g/mol. The second-order valence-electron chi connectivity index (χ2n) is 13.5. The van der Waals surface area contributed by atoms with Crippen LogP contribution in [-0.2, 0) is 13.0 Å². The fraction of sp³-hybridized carbons (Fsp3) is 0.583. The number of aliphatic hydroxyl groups is 1. The zero-order valence-corrected chi connectivity index (χ0v) is 26.9. The molecule has 2 aromatic carbocycles. The molecule has 0 unspecified atom stereocenters. The van der Waals surface area contributed by atoms with E-state index in [1.807, 2.05) is 0 Å². The van der Waals surface area contributed by atoms with Crippen molar-refractivity contribution in [3.63, 3.8) is 0 Å². The maximum Gasteiger partial charge on any atom is 0.318 e. The van der Waals surface area contributed by atoms with E-state index in [1.165, 1.54) is 34.0 Å². The number of fused-ring (bicyclic) bond motifs is 2. The third-order valence-corrected chi connectivity index (χ3v) is 10.5. The van der Waals surface area contributed by atoms with Crippen LogP contribution < -0.4 is 14.5 Å². The Bertz CT molecular complexity index is 1560. The van der Waals surface area contributed by atoms with E-state index in [2.05, 4.69) is 81.1 Å². The van der Waals surface area contributed by atoms with Crippen molar-refractivity contribution in [1.82, 2.24) is 14.9 Å². The van der Waals surface area contributed by atoms with Crippen LogP contribution in [0.4, 0.5) is 11.5 Å². The van der Waals surface area contributed by atoms with Gasteiger partial charge in [0.2, 0.25) is 0 Å². The van der Waals surface area contributed by atoms with Gasteiger partial charge in [0, 0.05) is 42.3 Å². The second kappa shape index (κ2) is 13.5. The third kappa shape index (κ3) is 6.57. The van der Waals surface area contributed by atoms with E-state index in [0.717, 1.165) is 95.6 Å². The highest BCUT2D eigenvalue weighted by atomic mass is 16.5. The van der Waals surface area contributed by atoms with Crippen LogP contribution in [-0.4, -0.2) is 90.0 Å². The molecule has 4 heterocycles. The van der Waals surface area contributed by atoms with Gasteiger partial charge in [0.15, 0.2) is 0 Å². The van der Waals surface area contributed by atoms with Crippen LogP contribution in [0.3, 0.4) is 0 Å². The molecular formula is C36H47N7O2. The van der Waals surface area contributed by atoms with Crippen LogP contribution in [0.5, 0.6) is 6.01 Å². The summed E-state index contributed by atoms with van der Waals surface area (Å²) in [4.78, 5) is 26.6. The van der Waals surface area contributed by atoms with Crippen LogP contribution in [0.25, 0.3) is 10.8 Å². The van der Waals surface area contributed by atoms with Crippen molar-refractivity contribution in [2.45, 2.75) is 95.5 Å². The van der Waals surface area contributed by atoms with Gasteiger partial charge in [-0.2, -0.15) is 9.97 Å². The first-order valence-corrected chi connectivity index (χ1v) is 17.1. The summed E-state index contributed by atoms with van der Waals surface area (Å²) in [5, 5.41) is 12.8. The van der Waals surface area contributed by atoms with Gasteiger partial charge in [-0.15, -0.1) is 0 Å². The summed E-state index contributed by atoms with van der Waals surface area (Å²) >= 11 is 0. The minimum atomic E-state index is -0.349. The minimum absolute atomic E-state index is 0.0464. The van der Waals surface area contributed by atoms with Crippen molar-refractivity contribution in [2.75, 3.05) is 49.6 Å². The fourth-order valence-electron chi connectivity index (χ4n) is 7.69. The molecule has 238 valence electrons. The van der Waals surface area contributed by atoms with E-state index < -0.39 is 0 Å². The quantitative estimate of drug-likeness (QED) is 0.358. The molecule has 2 saturated heterocycles. The molecule has 9 heteroatoms. The van der Waals surface area contributed by atoms with Crippen molar-refractivity contribution in [2.24, 2.45) is 9.98 Å². The topological polar surface area (TPSA) is 89.7 Å². The molecule has 0 amide bonds. The lowest BCUT2D eigenvalue weighted by Gasteiger charge is -2.36. The number of hydrogen-bond donors (Lipinski definition) is 1. The van der Waals surface area contributed by atoms with Crippen LogP contribution in [0.1, 0.15) is 68.2 Å². The number of rotatable bonds is 7. The van der Waals surface area contributed by atoms with E-state index >= 15 is 0 Å². The van der Waals surface area contributed by atoms with Crippen LogP contribution in [0.15, 0.2) is 46.4 Å². The van der Waals surface area contributed by atoms with Gasteiger partial charge < -0.3 is 24.5 Å². The van der Waals surface area contributed by atoms with Gasteiger partial charge in [0.1, 0.15) is 12.4 Å². The van der Waals surface area contributed by atoms with Gasteiger partial charge in [-0.05, 0) is 82.5 Å². The smallest absolute Gasteiger partial charge is 0.318 e. The number of hydrogen-bond acceptors (Lipinski definition) is 9. The number of ether oxygens (including phenoxy) is 1. The van der Waals surface area contributed by atoms with Crippen LogP contribution >= 0.6 is 0 Å². The Morgan fingerprint density at radius 2 is 1.73 bits per heavy atom. The number of piperidine rings is 1. The Hall–Kier alpha value is -3.52. The SMILES string of the molecule is Cc1cccc2cccc(N3CCc4c(nc(OC[C@@H]5CCCN5C)nc4N4CCC(N=C=N[C@@H]5CCCC[C@H]5O)CC4)C3)c12. The number of aliphatic hydroxyl groups excluding tert-OH is 1. The Morgan fingerprint density at radius 3 is 2.53 bits per heavy atom. The molecule has 45 heavy (non-hydrogen) atoms. The molecule has 0 bridgehead atoms. The van der Waals surface area contributed by atoms with Crippen LogP contribution in [0.2, 0.25) is 0 Å². The lowest BCUT2D eigenvalue weighted by atomic mass is 9.93. The second-order valence-corrected chi connectivity index (χ2v) is 13.5.